The molecular formula is C23H22NO3+. The van der Waals surface area contributed by atoms with Crippen LogP contribution in [-0.2, 0) is 0 Å². The van der Waals surface area contributed by atoms with E-state index < -0.39 is 0 Å². The van der Waals surface area contributed by atoms with Crippen molar-refractivity contribution in [1.29, 1.82) is 0 Å². The van der Waals surface area contributed by atoms with Crippen LogP contribution in [0.15, 0.2) is 78.9 Å². The number of rotatable bonds is 7. The van der Waals surface area contributed by atoms with Gasteiger partial charge in [0.25, 0.3) is 0 Å². The monoisotopic (exact) mass is 360 g/mol. The Labute approximate surface area is 158 Å². The number of hydrogen-bond donors (Lipinski definition) is 2. The molecule has 0 bridgehead atoms. The van der Waals surface area contributed by atoms with Crippen LogP contribution in [-0.4, -0.2) is 23.9 Å². The lowest BCUT2D eigenvalue weighted by Gasteiger charge is -2.11. The van der Waals surface area contributed by atoms with Gasteiger partial charge in [-0.2, -0.15) is 4.99 Å². The molecule has 0 radical (unpaired) electrons. The van der Waals surface area contributed by atoms with E-state index in [0.29, 0.717) is 17.7 Å². The maximum Gasteiger partial charge on any atom is 0.366 e. The minimum absolute atomic E-state index is 0.0750. The molecule has 3 aromatic carbocycles. The largest absolute Gasteiger partial charge is 0.494 e. The van der Waals surface area contributed by atoms with Crippen molar-refractivity contribution in [3.05, 3.63) is 101 Å². The van der Waals surface area contributed by atoms with Crippen LogP contribution in [0.5, 0.6) is 5.75 Å². The van der Waals surface area contributed by atoms with Crippen molar-refractivity contribution in [2.24, 2.45) is 0 Å². The molecule has 3 aromatic rings. The number of carbonyl (C=O) groups excluding carboxylic acids is 1. The molecule has 136 valence electrons. The second kappa shape index (κ2) is 8.81. The van der Waals surface area contributed by atoms with Gasteiger partial charge in [0.15, 0.2) is 0 Å². The molecule has 27 heavy (non-hydrogen) atoms. The van der Waals surface area contributed by atoms with Gasteiger partial charge >= 0.3 is 5.90 Å². The smallest absolute Gasteiger partial charge is 0.366 e. The van der Waals surface area contributed by atoms with Crippen molar-refractivity contribution in [2.75, 3.05) is 6.61 Å². The van der Waals surface area contributed by atoms with Crippen molar-refractivity contribution in [1.82, 2.24) is 0 Å². The molecule has 0 aromatic heterocycles. The molecule has 0 saturated heterocycles. The summed E-state index contributed by atoms with van der Waals surface area (Å²) in [5, 5.41) is 10.6. The van der Waals surface area contributed by atoms with Gasteiger partial charge in [-0.3, -0.25) is 4.79 Å². The molecule has 2 N–H and O–H groups in total. The predicted octanol–water partition coefficient (Wildman–Crippen LogP) is 3.07. The van der Waals surface area contributed by atoms with E-state index in [1.54, 1.807) is 6.07 Å². The normalized spacial score (nSPS) is 12.4. The Balaban J connectivity index is 2.04. The van der Waals surface area contributed by atoms with E-state index in [9.17, 15) is 9.90 Å². The van der Waals surface area contributed by atoms with Gasteiger partial charge in [-0.25, -0.2) is 0 Å². The van der Waals surface area contributed by atoms with E-state index in [4.69, 9.17) is 4.74 Å². The SMILES string of the molecule is CCOc1ccc(C([NH+]=C(O)c2ccccc2)c2cccc(C=O)c2)cc1. The van der Waals surface area contributed by atoms with Gasteiger partial charge in [0.05, 0.1) is 12.2 Å². The third kappa shape index (κ3) is 4.61. The molecule has 0 aliphatic rings. The van der Waals surface area contributed by atoms with E-state index in [1.165, 1.54) is 0 Å². The molecule has 4 heteroatoms. The molecule has 0 heterocycles. The summed E-state index contributed by atoms with van der Waals surface area (Å²) in [6.07, 6.45) is 0.819. The van der Waals surface area contributed by atoms with Crippen LogP contribution in [0.4, 0.5) is 0 Å². The fourth-order valence-electron chi connectivity index (χ4n) is 2.91. The minimum Gasteiger partial charge on any atom is -0.494 e. The lowest BCUT2D eigenvalue weighted by molar-refractivity contribution is -0.505. The highest BCUT2D eigenvalue weighted by atomic mass is 16.5. The van der Waals surface area contributed by atoms with E-state index >= 15 is 0 Å². The van der Waals surface area contributed by atoms with Gasteiger partial charge in [-0.05, 0) is 49.4 Å². The second-order valence-electron chi connectivity index (χ2n) is 6.08. The molecule has 0 aliphatic carbocycles. The van der Waals surface area contributed by atoms with Gasteiger partial charge in [-0.15, -0.1) is 0 Å². The van der Waals surface area contributed by atoms with Crippen LogP contribution in [0, 0.1) is 0 Å². The number of ether oxygens (including phenoxy) is 1. The quantitative estimate of drug-likeness (QED) is 0.387. The van der Waals surface area contributed by atoms with Gasteiger partial charge in [0, 0.05) is 16.7 Å². The van der Waals surface area contributed by atoms with Gasteiger partial charge < -0.3 is 9.84 Å². The number of hydrogen-bond acceptors (Lipinski definition) is 2. The standard InChI is InChI=1S/C23H21NO3/c1-2-27-21-13-11-18(12-14-21)22(20-10-6-7-17(15-20)16-25)24-23(26)19-8-4-3-5-9-19/h3-16,22H,2H2,1H3,(H,24,26)/p+1. The summed E-state index contributed by atoms with van der Waals surface area (Å²) in [4.78, 5) is 14.4. The zero-order valence-electron chi connectivity index (χ0n) is 15.1. The molecule has 0 saturated carbocycles. The highest BCUT2D eigenvalue weighted by Gasteiger charge is 2.21. The van der Waals surface area contributed by atoms with Crippen LogP contribution in [0.2, 0.25) is 0 Å². The maximum absolute atomic E-state index is 11.2. The average molecular weight is 360 g/mol. The topological polar surface area (TPSA) is 60.5 Å². The van der Waals surface area contributed by atoms with Crippen LogP contribution < -0.4 is 9.73 Å². The maximum atomic E-state index is 11.2. The first kappa shape index (κ1) is 18.4. The van der Waals surface area contributed by atoms with Crippen molar-refractivity contribution < 1.29 is 19.6 Å². The van der Waals surface area contributed by atoms with Gasteiger partial charge in [0.2, 0.25) is 6.04 Å². The third-order valence-electron chi connectivity index (χ3n) is 4.23. The molecule has 0 aliphatic heterocycles. The molecule has 1 unspecified atom stereocenters. The fourth-order valence-corrected chi connectivity index (χ4v) is 2.91. The van der Waals surface area contributed by atoms with E-state index in [-0.39, 0.29) is 11.9 Å². The summed E-state index contributed by atoms with van der Waals surface area (Å²) in [7, 11) is 0. The summed E-state index contributed by atoms with van der Waals surface area (Å²) >= 11 is 0. The molecule has 4 nitrogen and oxygen atoms in total. The highest BCUT2D eigenvalue weighted by Crippen LogP contribution is 2.21. The van der Waals surface area contributed by atoms with Gasteiger partial charge in [-0.1, -0.05) is 36.4 Å². The fraction of sp³-hybridized carbons (Fsp3) is 0.130. The average Bonchev–Trinajstić information content (AvgIpc) is 2.73. The number of nitrogens with one attached hydrogen (secondary N) is 1. The van der Waals surface area contributed by atoms with E-state index in [1.807, 2.05) is 79.7 Å². The van der Waals surface area contributed by atoms with Crippen LogP contribution in [0.1, 0.15) is 40.0 Å². The summed E-state index contributed by atoms with van der Waals surface area (Å²) in [6, 6.07) is 24.0. The van der Waals surface area contributed by atoms with Crippen molar-refractivity contribution in [3.63, 3.8) is 0 Å². The number of aliphatic hydroxyl groups excluding tert-OH is 1. The molecule has 0 fully saturated rings. The molecule has 0 spiro atoms. The van der Waals surface area contributed by atoms with Crippen molar-refractivity contribution >= 4 is 12.2 Å². The minimum atomic E-state index is -0.319. The Morgan fingerprint density at radius 2 is 1.74 bits per heavy atom. The van der Waals surface area contributed by atoms with Crippen LogP contribution >= 0.6 is 0 Å². The number of carbonyl (C=O) groups is 1. The van der Waals surface area contributed by atoms with Crippen LogP contribution in [0.25, 0.3) is 0 Å². The molecular weight excluding hydrogens is 338 g/mol. The third-order valence-corrected chi connectivity index (χ3v) is 4.23. The summed E-state index contributed by atoms with van der Waals surface area (Å²) in [6.45, 7) is 2.54. The molecule has 1 atom stereocenters. The van der Waals surface area contributed by atoms with E-state index in [2.05, 4.69) is 4.99 Å². The number of aliphatic hydroxyl groups is 1. The Hall–Kier alpha value is -3.40. The molecule has 0 amide bonds. The first-order valence-electron chi connectivity index (χ1n) is 8.87. The first-order valence-corrected chi connectivity index (χ1v) is 8.87. The number of aldehydes is 1. The lowest BCUT2D eigenvalue weighted by atomic mass is 9.97. The second-order valence-corrected chi connectivity index (χ2v) is 6.08. The Bertz CT molecular complexity index is 918. The molecule has 3 rings (SSSR count). The van der Waals surface area contributed by atoms with Gasteiger partial charge in [0.1, 0.15) is 12.0 Å². The zero-order valence-corrected chi connectivity index (χ0v) is 15.1. The predicted molar refractivity (Wildman–Crippen MR) is 105 cm³/mol. The van der Waals surface area contributed by atoms with Crippen LogP contribution in [0.3, 0.4) is 0 Å². The summed E-state index contributed by atoms with van der Waals surface area (Å²) < 4.78 is 5.51. The lowest BCUT2D eigenvalue weighted by Crippen LogP contribution is -2.75. The van der Waals surface area contributed by atoms with Crippen molar-refractivity contribution in [2.45, 2.75) is 13.0 Å². The highest BCUT2D eigenvalue weighted by molar-refractivity contribution is 5.87. The summed E-state index contributed by atoms with van der Waals surface area (Å²) in [5.74, 6) is 0.865. The zero-order chi connectivity index (χ0) is 19.1. The first-order chi connectivity index (χ1) is 13.2. The van der Waals surface area contributed by atoms with Crippen molar-refractivity contribution in [3.8, 4) is 5.75 Å². The Morgan fingerprint density at radius 1 is 1.00 bits per heavy atom. The summed E-state index contributed by atoms with van der Waals surface area (Å²) in [5.41, 5.74) is 3.11. The number of benzene rings is 3. The Kier molecular flexibility index (Phi) is 6.00. The Morgan fingerprint density at radius 3 is 2.41 bits per heavy atom. The van der Waals surface area contributed by atoms with E-state index in [0.717, 1.165) is 23.2 Å².